The molecule has 3 heterocycles. The van der Waals surface area contributed by atoms with E-state index in [0.29, 0.717) is 5.82 Å². The third-order valence-corrected chi connectivity index (χ3v) is 3.45. The number of rotatable bonds is 1. The highest BCUT2D eigenvalue weighted by Crippen LogP contribution is 2.28. The van der Waals surface area contributed by atoms with E-state index in [2.05, 4.69) is 30.9 Å². The standard InChI is InChI=1S/C13H11BrN4/c1-8-11-9(14)7-18(2)13(11)17-12(16-8)10-5-3-4-6-15-10/h3-7H,1-2H3. The lowest BCUT2D eigenvalue weighted by molar-refractivity contribution is 0.940. The van der Waals surface area contributed by atoms with Crippen molar-refractivity contribution in [1.29, 1.82) is 0 Å². The Labute approximate surface area is 113 Å². The van der Waals surface area contributed by atoms with Crippen molar-refractivity contribution in [3.63, 3.8) is 0 Å². The Kier molecular flexibility index (Phi) is 2.63. The first-order chi connectivity index (χ1) is 8.66. The molecular weight excluding hydrogens is 292 g/mol. The molecule has 0 amide bonds. The van der Waals surface area contributed by atoms with Crippen LogP contribution in [0.1, 0.15) is 5.69 Å². The van der Waals surface area contributed by atoms with Gasteiger partial charge in [0, 0.05) is 23.9 Å². The molecule has 5 heteroatoms. The maximum Gasteiger partial charge on any atom is 0.180 e. The molecule has 0 atom stereocenters. The summed E-state index contributed by atoms with van der Waals surface area (Å²) in [5.41, 5.74) is 2.66. The SMILES string of the molecule is Cc1nc(-c2ccccn2)nc2c1c(Br)cn2C. The number of nitrogens with zero attached hydrogens (tertiary/aromatic N) is 4. The first kappa shape index (κ1) is 11.3. The molecule has 0 fully saturated rings. The summed E-state index contributed by atoms with van der Waals surface area (Å²) in [6.45, 7) is 1.99. The van der Waals surface area contributed by atoms with Crippen LogP contribution in [0.4, 0.5) is 0 Å². The quantitative estimate of drug-likeness (QED) is 0.694. The summed E-state index contributed by atoms with van der Waals surface area (Å²) in [5.74, 6) is 0.661. The zero-order valence-corrected chi connectivity index (χ0v) is 11.6. The van der Waals surface area contributed by atoms with Crippen LogP contribution >= 0.6 is 15.9 Å². The third kappa shape index (κ3) is 1.71. The van der Waals surface area contributed by atoms with Crippen molar-refractivity contribution in [2.45, 2.75) is 6.92 Å². The minimum absolute atomic E-state index is 0.661. The molecule has 0 saturated heterocycles. The van der Waals surface area contributed by atoms with Crippen molar-refractivity contribution >= 4 is 27.0 Å². The monoisotopic (exact) mass is 302 g/mol. The van der Waals surface area contributed by atoms with E-state index in [1.165, 1.54) is 0 Å². The van der Waals surface area contributed by atoms with Crippen molar-refractivity contribution in [3.8, 4) is 11.5 Å². The predicted octanol–water partition coefficient (Wildman–Crippen LogP) is 3.10. The lowest BCUT2D eigenvalue weighted by Crippen LogP contribution is -1.97. The van der Waals surface area contributed by atoms with Gasteiger partial charge in [-0.25, -0.2) is 9.97 Å². The smallest absolute Gasteiger partial charge is 0.180 e. The number of aryl methyl sites for hydroxylation is 2. The fourth-order valence-corrected chi connectivity index (χ4v) is 2.77. The lowest BCUT2D eigenvalue weighted by atomic mass is 10.3. The molecule has 0 aliphatic rings. The fraction of sp³-hybridized carbons (Fsp3) is 0.154. The van der Waals surface area contributed by atoms with Crippen LogP contribution in [0.3, 0.4) is 0 Å². The Hall–Kier alpha value is -1.75. The number of pyridine rings is 1. The molecule has 3 rings (SSSR count). The Balaban J connectivity index is 2.31. The van der Waals surface area contributed by atoms with Crippen molar-refractivity contribution in [2.24, 2.45) is 7.05 Å². The molecule has 3 aromatic rings. The molecule has 0 aliphatic carbocycles. The summed E-state index contributed by atoms with van der Waals surface area (Å²) >= 11 is 3.53. The Morgan fingerprint density at radius 2 is 2.06 bits per heavy atom. The van der Waals surface area contributed by atoms with Gasteiger partial charge in [0.15, 0.2) is 5.82 Å². The van der Waals surface area contributed by atoms with Gasteiger partial charge in [0.2, 0.25) is 0 Å². The topological polar surface area (TPSA) is 43.6 Å². The average molecular weight is 303 g/mol. The van der Waals surface area contributed by atoms with E-state index in [1.807, 2.05) is 42.9 Å². The second-order valence-electron chi connectivity index (χ2n) is 4.13. The maximum absolute atomic E-state index is 4.59. The van der Waals surface area contributed by atoms with Gasteiger partial charge >= 0.3 is 0 Å². The summed E-state index contributed by atoms with van der Waals surface area (Å²) in [6.07, 6.45) is 3.74. The molecule has 0 saturated carbocycles. The van der Waals surface area contributed by atoms with E-state index in [9.17, 15) is 0 Å². The highest BCUT2D eigenvalue weighted by Gasteiger charge is 2.13. The van der Waals surface area contributed by atoms with Crippen LogP contribution in [0.15, 0.2) is 35.1 Å². The molecule has 0 unspecified atom stereocenters. The van der Waals surface area contributed by atoms with Crippen LogP contribution in [0.5, 0.6) is 0 Å². The number of hydrogen-bond acceptors (Lipinski definition) is 3. The molecule has 0 aliphatic heterocycles. The largest absolute Gasteiger partial charge is 0.334 e. The van der Waals surface area contributed by atoms with Gasteiger partial charge in [-0.05, 0) is 35.0 Å². The summed E-state index contributed by atoms with van der Waals surface area (Å²) in [7, 11) is 1.97. The molecule has 90 valence electrons. The van der Waals surface area contributed by atoms with Crippen LogP contribution < -0.4 is 0 Å². The minimum Gasteiger partial charge on any atom is -0.334 e. The lowest BCUT2D eigenvalue weighted by Gasteiger charge is -2.03. The maximum atomic E-state index is 4.59. The van der Waals surface area contributed by atoms with E-state index in [-0.39, 0.29) is 0 Å². The third-order valence-electron chi connectivity index (χ3n) is 2.84. The minimum atomic E-state index is 0.661. The highest BCUT2D eigenvalue weighted by atomic mass is 79.9. The van der Waals surface area contributed by atoms with Crippen LogP contribution in [0.25, 0.3) is 22.6 Å². The second-order valence-corrected chi connectivity index (χ2v) is 4.99. The van der Waals surface area contributed by atoms with E-state index in [4.69, 9.17) is 0 Å². The Morgan fingerprint density at radius 1 is 1.22 bits per heavy atom. The number of aromatic nitrogens is 4. The zero-order valence-electron chi connectivity index (χ0n) is 10.1. The van der Waals surface area contributed by atoms with Crippen molar-refractivity contribution < 1.29 is 0 Å². The molecule has 0 aromatic carbocycles. The van der Waals surface area contributed by atoms with Crippen LogP contribution in [-0.4, -0.2) is 19.5 Å². The van der Waals surface area contributed by atoms with Gasteiger partial charge in [-0.2, -0.15) is 0 Å². The van der Waals surface area contributed by atoms with Crippen molar-refractivity contribution in [2.75, 3.05) is 0 Å². The van der Waals surface area contributed by atoms with Gasteiger partial charge in [-0.3, -0.25) is 4.98 Å². The Bertz CT molecular complexity index is 719. The molecule has 0 N–H and O–H groups in total. The van der Waals surface area contributed by atoms with E-state index in [0.717, 1.165) is 26.9 Å². The normalized spacial score (nSPS) is 11.1. The van der Waals surface area contributed by atoms with Crippen LogP contribution in [-0.2, 0) is 7.05 Å². The molecule has 0 spiro atoms. The van der Waals surface area contributed by atoms with E-state index < -0.39 is 0 Å². The first-order valence-electron chi connectivity index (χ1n) is 5.57. The summed E-state index contributed by atoms with van der Waals surface area (Å²) < 4.78 is 3.01. The molecular formula is C13H11BrN4. The van der Waals surface area contributed by atoms with Crippen molar-refractivity contribution in [1.82, 2.24) is 19.5 Å². The fourth-order valence-electron chi connectivity index (χ4n) is 2.00. The highest BCUT2D eigenvalue weighted by molar-refractivity contribution is 9.10. The van der Waals surface area contributed by atoms with Gasteiger partial charge in [0.05, 0.1) is 11.1 Å². The summed E-state index contributed by atoms with van der Waals surface area (Å²) in [4.78, 5) is 13.4. The van der Waals surface area contributed by atoms with Gasteiger partial charge in [-0.1, -0.05) is 6.07 Å². The second kappa shape index (κ2) is 4.17. The molecule has 0 bridgehead atoms. The average Bonchev–Trinajstić information content (AvgIpc) is 2.66. The van der Waals surface area contributed by atoms with Gasteiger partial charge in [0.1, 0.15) is 11.3 Å². The van der Waals surface area contributed by atoms with Gasteiger partial charge < -0.3 is 4.57 Å². The van der Waals surface area contributed by atoms with Gasteiger partial charge in [0.25, 0.3) is 0 Å². The van der Waals surface area contributed by atoms with Crippen molar-refractivity contribution in [3.05, 3.63) is 40.8 Å². The zero-order chi connectivity index (χ0) is 12.7. The molecule has 4 nitrogen and oxygen atoms in total. The van der Waals surface area contributed by atoms with Gasteiger partial charge in [-0.15, -0.1) is 0 Å². The molecule has 0 radical (unpaired) electrons. The first-order valence-corrected chi connectivity index (χ1v) is 6.36. The molecule has 3 aromatic heterocycles. The van der Waals surface area contributed by atoms with Crippen LogP contribution in [0.2, 0.25) is 0 Å². The number of hydrogen-bond donors (Lipinski definition) is 0. The molecule has 18 heavy (non-hydrogen) atoms. The summed E-state index contributed by atoms with van der Waals surface area (Å²) in [6, 6.07) is 5.73. The predicted molar refractivity (Wildman–Crippen MR) is 74.2 cm³/mol. The van der Waals surface area contributed by atoms with E-state index in [1.54, 1.807) is 6.20 Å². The number of halogens is 1. The Morgan fingerprint density at radius 3 is 2.78 bits per heavy atom. The van der Waals surface area contributed by atoms with E-state index >= 15 is 0 Å². The van der Waals surface area contributed by atoms with Crippen LogP contribution in [0, 0.1) is 6.92 Å². The summed E-state index contributed by atoms with van der Waals surface area (Å²) in [5, 5.41) is 1.05. The number of fused-ring (bicyclic) bond motifs is 1.